The summed E-state index contributed by atoms with van der Waals surface area (Å²) in [7, 11) is 0. The summed E-state index contributed by atoms with van der Waals surface area (Å²) in [6.45, 7) is 8.09. The van der Waals surface area contributed by atoms with Crippen molar-refractivity contribution < 1.29 is 0 Å². The van der Waals surface area contributed by atoms with Crippen LogP contribution in [0.4, 0.5) is 5.69 Å². The Labute approximate surface area is 117 Å². The molecular weight excluding hydrogens is 232 g/mol. The average Bonchev–Trinajstić information content (AvgIpc) is 3.22. The Morgan fingerprint density at radius 1 is 1.32 bits per heavy atom. The summed E-state index contributed by atoms with van der Waals surface area (Å²) in [5, 5.41) is 3.70. The van der Waals surface area contributed by atoms with Crippen molar-refractivity contribution in [3.63, 3.8) is 0 Å². The van der Waals surface area contributed by atoms with Crippen LogP contribution in [0.5, 0.6) is 0 Å². The monoisotopic (exact) mass is 258 g/mol. The summed E-state index contributed by atoms with van der Waals surface area (Å²) in [6.07, 6.45) is 4.08. The Morgan fingerprint density at radius 2 is 2.11 bits per heavy atom. The highest BCUT2D eigenvalue weighted by atomic mass is 15.2. The van der Waals surface area contributed by atoms with Crippen LogP contribution < -0.4 is 10.2 Å². The van der Waals surface area contributed by atoms with Gasteiger partial charge in [-0.3, -0.25) is 0 Å². The fraction of sp³-hybridized carbons (Fsp3) is 0.647. The van der Waals surface area contributed by atoms with Crippen molar-refractivity contribution >= 4 is 5.69 Å². The van der Waals surface area contributed by atoms with E-state index in [9.17, 15) is 0 Å². The molecule has 0 saturated heterocycles. The third-order valence-electron chi connectivity index (χ3n) is 4.51. The third kappa shape index (κ3) is 2.94. The molecule has 19 heavy (non-hydrogen) atoms. The van der Waals surface area contributed by atoms with Gasteiger partial charge in [0.25, 0.3) is 0 Å². The minimum absolute atomic E-state index is 0.684. The standard InChI is InChI=1S/C17H26N2/c1-3-18-16(14-8-9-14)12-19-11-13(2)10-15-6-4-5-7-17(15)19/h4-7,13-14,16,18H,3,8-12H2,1-2H3. The topological polar surface area (TPSA) is 15.3 Å². The van der Waals surface area contributed by atoms with Crippen LogP contribution in [0.3, 0.4) is 0 Å². The summed E-state index contributed by atoms with van der Waals surface area (Å²) in [4.78, 5) is 2.62. The fourth-order valence-corrected chi connectivity index (χ4v) is 3.46. The molecule has 1 aromatic rings. The Hall–Kier alpha value is -1.02. The largest absolute Gasteiger partial charge is 0.369 e. The molecule has 1 aliphatic heterocycles. The molecule has 2 atom stereocenters. The molecule has 104 valence electrons. The van der Waals surface area contributed by atoms with Crippen molar-refractivity contribution in [2.75, 3.05) is 24.5 Å². The second kappa shape index (κ2) is 5.54. The van der Waals surface area contributed by atoms with E-state index in [-0.39, 0.29) is 0 Å². The molecule has 2 aliphatic rings. The zero-order valence-electron chi connectivity index (χ0n) is 12.2. The van der Waals surface area contributed by atoms with Crippen molar-refractivity contribution in [2.24, 2.45) is 11.8 Å². The molecule has 0 radical (unpaired) electrons. The third-order valence-corrected chi connectivity index (χ3v) is 4.51. The van der Waals surface area contributed by atoms with Crippen LogP contribution in [0.15, 0.2) is 24.3 Å². The van der Waals surface area contributed by atoms with E-state index >= 15 is 0 Å². The van der Waals surface area contributed by atoms with Gasteiger partial charge in [-0.1, -0.05) is 32.0 Å². The minimum atomic E-state index is 0.684. The maximum atomic E-state index is 3.70. The van der Waals surface area contributed by atoms with Crippen LogP contribution in [0.1, 0.15) is 32.3 Å². The second-order valence-corrected chi connectivity index (χ2v) is 6.34. The Morgan fingerprint density at radius 3 is 2.84 bits per heavy atom. The quantitative estimate of drug-likeness (QED) is 0.873. The van der Waals surface area contributed by atoms with Gasteiger partial charge in [-0.2, -0.15) is 0 Å². The molecule has 1 saturated carbocycles. The lowest BCUT2D eigenvalue weighted by atomic mass is 9.93. The van der Waals surface area contributed by atoms with E-state index in [0.717, 1.165) is 18.4 Å². The van der Waals surface area contributed by atoms with Crippen LogP contribution >= 0.6 is 0 Å². The minimum Gasteiger partial charge on any atom is -0.369 e. The highest BCUT2D eigenvalue weighted by Crippen LogP contribution is 2.35. The van der Waals surface area contributed by atoms with Crippen molar-refractivity contribution in [3.05, 3.63) is 29.8 Å². The van der Waals surface area contributed by atoms with Gasteiger partial charge in [-0.05, 0) is 49.3 Å². The first-order chi connectivity index (χ1) is 9.28. The van der Waals surface area contributed by atoms with Gasteiger partial charge < -0.3 is 10.2 Å². The van der Waals surface area contributed by atoms with Crippen LogP contribution in [-0.2, 0) is 6.42 Å². The number of benzene rings is 1. The predicted molar refractivity (Wildman–Crippen MR) is 81.7 cm³/mol. The van der Waals surface area contributed by atoms with E-state index in [4.69, 9.17) is 0 Å². The number of hydrogen-bond donors (Lipinski definition) is 1. The van der Waals surface area contributed by atoms with Crippen LogP contribution in [0.25, 0.3) is 0 Å². The number of anilines is 1. The molecular formula is C17H26N2. The molecule has 1 aliphatic carbocycles. The highest BCUT2D eigenvalue weighted by molar-refractivity contribution is 5.55. The molecule has 1 N–H and O–H groups in total. The van der Waals surface area contributed by atoms with E-state index in [1.807, 2.05) is 0 Å². The van der Waals surface area contributed by atoms with E-state index in [0.29, 0.717) is 6.04 Å². The summed E-state index contributed by atoms with van der Waals surface area (Å²) < 4.78 is 0. The smallest absolute Gasteiger partial charge is 0.0399 e. The first-order valence-electron chi connectivity index (χ1n) is 7.84. The van der Waals surface area contributed by atoms with Crippen molar-refractivity contribution in [2.45, 2.75) is 39.2 Å². The Bertz CT molecular complexity index is 425. The first kappa shape index (κ1) is 13.0. The maximum Gasteiger partial charge on any atom is 0.0399 e. The molecule has 2 nitrogen and oxygen atoms in total. The van der Waals surface area contributed by atoms with Gasteiger partial charge in [0.1, 0.15) is 0 Å². The number of nitrogens with one attached hydrogen (secondary N) is 1. The van der Waals surface area contributed by atoms with Crippen molar-refractivity contribution in [3.8, 4) is 0 Å². The molecule has 1 heterocycles. The first-order valence-corrected chi connectivity index (χ1v) is 7.84. The normalized spacial score (nSPS) is 24.1. The summed E-state index contributed by atoms with van der Waals surface area (Å²) in [5.74, 6) is 1.70. The molecule has 0 aromatic heterocycles. The lowest BCUT2D eigenvalue weighted by molar-refractivity contribution is 0.441. The SMILES string of the molecule is CCNC(CN1CC(C)Cc2ccccc21)C1CC1. The molecule has 3 rings (SSSR count). The van der Waals surface area contributed by atoms with Crippen LogP contribution in [-0.4, -0.2) is 25.7 Å². The summed E-state index contributed by atoms with van der Waals surface area (Å²) >= 11 is 0. The molecule has 2 unspecified atom stereocenters. The number of rotatable bonds is 5. The fourth-order valence-electron chi connectivity index (χ4n) is 3.46. The maximum absolute atomic E-state index is 3.70. The second-order valence-electron chi connectivity index (χ2n) is 6.34. The Balaban J connectivity index is 1.76. The van der Waals surface area contributed by atoms with Gasteiger partial charge in [0, 0.05) is 24.8 Å². The molecule has 1 aromatic carbocycles. The van der Waals surface area contributed by atoms with Gasteiger partial charge in [0.15, 0.2) is 0 Å². The van der Waals surface area contributed by atoms with Crippen LogP contribution in [0.2, 0.25) is 0 Å². The van der Waals surface area contributed by atoms with E-state index in [1.54, 1.807) is 0 Å². The average molecular weight is 258 g/mol. The van der Waals surface area contributed by atoms with E-state index in [1.165, 1.54) is 43.6 Å². The molecule has 0 amide bonds. The van der Waals surface area contributed by atoms with Gasteiger partial charge in [-0.15, -0.1) is 0 Å². The van der Waals surface area contributed by atoms with E-state index < -0.39 is 0 Å². The zero-order valence-corrected chi connectivity index (χ0v) is 12.2. The molecule has 0 spiro atoms. The lowest BCUT2D eigenvalue weighted by Gasteiger charge is -2.37. The van der Waals surface area contributed by atoms with Gasteiger partial charge in [0.05, 0.1) is 0 Å². The van der Waals surface area contributed by atoms with Crippen molar-refractivity contribution in [1.29, 1.82) is 0 Å². The zero-order chi connectivity index (χ0) is 13.2. The van der Waals surface area contributed by atoms with Gasteiger partial charge in [-0.25, -0.2) is 0 Å². The van der Waals surface area contributed by atoms with Crippen molar-refractivity contribution in [1.82, 2.24) is 5.32 Å². The number of hydrogen-bond acceptors (Lipinski definition) is 2. The number of para-hydroxylation sites is 1. The lowest BCUT2D eigenvalue weighted by Crippen LogP contribution is -2.45. The molecule has 0 bridgehead atoms. The molecule has 2 heteroatoms. The number of likely N-dealkylation sites (N-methyl/N-ethyl adjacent to an activating group) is 1. The van der Waals surface area contributed by atoms with Crippen LogP contribution in [0, 0.1) is 11.8 Å². The summed E-state index contributed by atoms with van der Waals surface area (Å²) in [6, 6.07) is 9.65. The molecule has 1 fully saturated rings. The van der Waals surface area contributed by atoms with Gasteiger partial charge >= 0.3 is 0 Å². The van der Waals surface area contributed by atoms with E-state index in [2.05, 4.69) is 48.3 Å². The highest BCUT2D eigenvalue weighted by Gasteiger charge is 2.33. The summed E-state index contributed by atoms with van der Waals surface area (Å²) in [5.41, 5.74) is 3.01. The van der Waals surface area contributed by atoms with Gasteiger partial charge in [0.2, 0.25) is 0 Å². The number of nitrogens with zero attached hydrogens (tertiary/aromatic N) is 1. The number of fused-ring (bicyclic) bond motifs is 1. The predicted octanol–water partition coefficient (Wildman–Crippen LogP) is 3.07. The Kier molecular flexibility index (Phi) is 3.79.